The third-order valence-electron chi connectivity index (χ3n) is 3.88. The Morgan fingerprint density at radius 2 is 2.17 bits per heavy atom. The minimum atomic E-state index is -0.525. The molecule has 1 fully saturated rings. The molecule has 0 spiro atoms. The Hall–Kier alpha value is -0.610. The zero-order valence-corrected chi connectivity index (χ0v) is 12.0. The highest BCUT2D eigenvalue weighted by Gasteiger charge is 2.45. The third kappa shape index (κ3) is 3.95. The van der Waals surface area contributed by atoms with Crippen molar-refractivity contribution in [3.05, 3.63) is 0 Å². The van der Waals surface area contributed by atoms with Crippen molar-refractivity contribution < 1.29 is 14.3 Å². The van der Waals surface area contributed by atoms with Crippen LogP contribution < -0.4 is 5.32 Å². The van der Waals surface area contributed by atoms with Crippen molar-refractivity contribution in [3.8, 4) is 0 Å². The molecule has 0 bridgehead atoms. The van der Waals surface area contributed by atoms with Crippen LogP contribution in [0.3, 0.4) is 0 Å². The van der Waals surface area contributed by atoms with Crippen LogP contribution in [0.15, 0.2) is 0 Å². The molecule has 18 heavy (non-hydrogen) atoms. The number of esters is 1. The number of nitrogens with one attached hydrogen (secondary N) is 1. The molecule has 0 heterocycles. The van der Waals surface area contributed by atoms with Crippen LogP contribution in [0.25, 0.3) is 0 Å². The Labute approximate surface area is 110 Å². The van der Waals surface area contributed by atoms with Crippen molar-refractivity contribution in [1.29, 1.82) is 0 Å². The molecule has 0 aromatic rings. The van der Waals surface area contributed by atoms with Crippen molar-refractivity contribution in [1.82, 2.24) is 5.32 Å². The molecule has 0 saturated heterocycles. The Kier molecular flexibility index (Phi) is 6.65. The van der Waals surface area contributed by atoms with E-state index in [1.165, 1.54) is 26.4 Å². The molecule has 106 valence electrons. The molecule has 0 radical (unpaired) electrons. The zero-order valence-electron chi connectivity index (χ0n) is 12.0. The van der Waals surface area contributed by atoms with E-state index in [0.29, 0.717) is 0 Å². The molecule has 1 aliphatic carbocycles. The maximum Gasteiger partial charge on any atom is 0.326 e. The lowest BCUT2D eigenvalue weighted by atomic mass is 9.98. The summed E-state index contributed by atoms with van der Waals surface area (Å²) in [6.07, 6.45) is 7.53. The zero-order chi connectivity index (χ0) is 13.4. The summed E-state index contributed by atoms with van der Waals surface area (Å²) in [7, 11) is 3.26. The fraction of sp³-hybridized carbons (Fsp3) is 0.929. The summed E-state index contributed by atoms with van der Waals surface area (Å²) >= 11 is 0. The van der Waals surface area contributed by atoms with E-state index in [1.807, 2.05) is 7.05 Å². The molecule has 2 atom stereocenters. The van der Waals surface area contributed by atoms with Crippen LogP contribution in [0.5, 0.6) is 0 Å². The molecule has 1 N–H and O–H groups in total. The molecule has 0 aromatic carbocycles. The second-order valence-electron chi connectivity index (χ2n) is 5.12. The minimum Gasteiger partial charge on any atom is -0.468 e. The second-order valence-corrected chi connectivity index (χ2v) is 5.12. The smallest absolute Gasteiger partial charge is 0.326 e. The number of carbonyl (C=O) groups is 1. The summed E-state index contributed by atoms with van der Waals surface area (Å²) in [6, 6.07) is 0. The first kappa shape index (κ1) is 15.4. The van der Waals surface area contributed by atoms with Gasteiger partial charge in [0.05, 0.1) is 13.2 Å². The Bertz CT molecular complexity index is 257. The summed E-state index contributed by atoms with van der Waals surface area (Å²) in [5, 5.41) is 3.11. The van der Waals surface area contributed by atoms with E-state index >= 15 is 0 Å². The number of hydrogen-bond acceptors (Lipinski definition) is 4. The molecule has 0 amide bonds. The maximum absolute atomic E-state index is 11.8. The molecule has 4 nitrogen and oxygen atoms in total. The van der Waals surface area contributed by atoms with Crippen LogP contribution in [-0.4, -0.2) is 38.4 Å². The molecule has 1 rings (SSSR count). The first-order chi connectivity index (χ1) is 8.68. The van der Waals surface area contributed by atoms with Crippen molar-refractivity contribution in [2.24, 2.45) is 0 Å². The van der Waals surface area contributed by atoms with Gasteiger partial charge in [0.15, 0.2) is 0 Å². The van der Waals surface area contributed by atoms with Gasteiger partial charge in [-0.25, -0.2) is 0 Å². The predicted octanol–water partition coefficient (Wildman–Crippen LogP) is 2.27. The fourth-order valence-electron chi connectivity index (χ4n) is 2.63. The lowest BCUT2D eigenvalue weighted by Gasteiger charge is -2.25. The van der Waals surface area contributed by atoms with Crippen LogP contribution in [0.4, 0.5) is 0 Å². The van der Waals surface area contributed by atoms with E-state index < -0.39 is 5.54 Å². The molecular formula is C14H27NO3. The van der Waals surface area contributed by atoms with Crippen LogP contribution in [-0.2, 0) is 14.3 Å². The Morgan fingerprint density at radius 1 is 1.39 bits per heavy atom. The van der Waals surface area contributed by atoms with E-state index in [9.17, 15) is 4.79 Å². The minimum absolute atomic E-state index is 0.165. The van der Waals surface area contributed by atoms with Gasteiger partial charge in [-0.3, -0.25) is 4.79 Å². The van der Waals surface area contributed by atoms with Gasteiger partial charge in [0.1, 0.15) is 5.54 Å². The second kappa shape index (κ2) is 7.74. The average molecular weight is 257 g/mol. The number of carbonyl (C=O) groups excluding carboxylic acids is 1. The van der Waals surface area contributed by atoms with E-state index in [2.05, 4.69) is 12.2 Å². The SMILES string of the molecule is CCCCCCOC1CCC(NC)(C(=O)OC)C1. The van der Waals surface area contributed by atoms with Gasteiger partial charge < -0.3 is 14.8 Å². The summed E-state index contributed by atoms with van der Waals surface area (Å²) in [5.41, 5.74) is -0.525. The summed E-state index contributed by atoms with van der Waals surface area (Å²) in [4.78, 5) is 11.8. The molecule has 0 aliphatic heterocycles. The van der Waals surface area contributed by atoms with Crippen LogP contribution in [0.2, 0.25) is 0 Å². The van der Waals surface area contributed by atoms with E-state index in [1.54, 1.807) is 0 Å². The first-order valence-corrected chi connectivity index (χ1v) is 7.07. The van der Waals surface area contributed by atoms with Gasteiger partial charge in [-0.15, -0.1) is 0 Å². The number of methoxy groups -OCH3 is 1. The van der Waals surface area contributed by atoms with Gasteiger partial charge >= 0.3 is 5.97 Å². The number of likely N-dealkylation sites (N-methyl/N-ethyl adjacent to an activating group) is 1. The number of rotatable bonds is 8. The van der Waals surface area contributed by atoms with Gasteiger partial charge in [0.25, 0.3) is 0 Å². The first-order valence-electron chi connectivity index (χ1n) is 7.07. The maximum atomic E-state index is 11.8. The Morgan fingerprint density at radius 3 is 2.78 bits per heavy atom. The average Bonchev–Trinajstić information content (AvgIpc) is 2.82. The molecular weight excluding hydrogens is 230 g/mol. The summed E-state index contributed by atoms with van der Waals surface area (Å²) in [6.45, 7) is 3.01. The normalized spacial score (nSPS) is 27.4. The van der Waals surface area contributed by atoms with Crippen molar-refractivity contribution in [3.63, 3.8) is 0 Å². The summed E-state index contributed by atoms with van der Waals surface area (Å²) < 4.78 is 10.7. The monoisotopic (exact) mass is 257 g/mol. The molecule has 1 saturated carbocycles. The van der Waals surface area contributed by atoms with Crippen LogP contribution in [0.1, 0.15) is 51.9 Å². The van der Waals surface area contributed by atoms with E-state index in [4.69, 9.17) is 9.47 Å². The fourth-order valence-corrected chi connectivity index (χ4v) is 2.63. The topological polar surface area (TPSA) is 47.6 Å². The summed E-state index contributed by atoms with van der Waals surface area (Å²) in [5.74, 6) is -0.165. The lowest BCUT2D eigenvalue weighted by molar-refractivity contribution is -0.148. The molecule has 0 aromatic heterocycles. The van der Waals surface area contributed by atoms with Gasteiger partial charge in [-0.1, -0.05) is 26.2 Å². The quantitative estimate of drug-likeness (QED) is 0.535. The number of ether oxygens (including phenoxy) is 2. The van der Waals surface area contributed by atoms with Crippen LogP contribution >= 0.6 is 0 Å². The molecule has 2 unspecified atom stereocenters. The highest BCUT2D eigenvalue weighted by atomic mass is 16.5. The number of unbranched alkanes of at least 4 members (excludes halogenated alkanes) is 3. The van der Waals surface area contributed by atoms with Crippen LogP contribution in [0, 0.1) is 0 Å². The third-order valence-corrected chi connectivity index (χ3v) is 3.88. The van der Waals surface area contributed by atoms with Crippen molar-refractivity contribution in [2.75, 3.05) is 20.8 Å². The van der Waals surface area contributed by atoms with Crippen molar-refractivity contribution >= 4 is 5.97 Å². The standard InChI is InChI=1S/C14H27NO3/c1-4-5-6-7-10-18-12-8-9-14(11-12,15-2)13(16)17-3/h12,15H,4-11H2,1-3H3. The Balaban J connectivity index is 2.29. The predicted molar refractivity (Wildman–Crippen MR) is 71.5 cm³/mol. The van der Waals surface area contributed by atoms with E-state index in [-0.39, 0.29) is 12.1 Å². The highest BCUT2D eigenvalue weighted by Crippen LogP contribution is 2.32. The molecule has 1 aliphatic rings. The van der Waals surface area contributed by atoms with Gasteiger partial charge in [-0.05, 0) is 26.3 Å². The van der Waals surface area contributed by atoms with Gasteiger partial charge in [0.2, 0.25) is 0 Å². The lowest BCUT2D eigenvalue weighted by Crippen LogP contribution is -2.49. The van der Waals surface area contributed by atoms with E-state index in [0.717, 1.165) is 32.3 Å². The number of hydrogen-bond donors (Lipinski definition) is 1. The van der Waals surface area contributed by atoms with Gasteiger partial charge in [0, 0.05) is 13.0 Å². The largest absolute Gasteiger partial charge is 0.468 e. The van der Waals surface area contributed by atoms with Crippen molar-refractivity contribution in [2.45, 2.75) is 63.5 Å². The van der Waals surface area contributed by atoms with Gasteiger partial charge in [-0.2, -0.15) is 0 Å². The highest BCUT2D eigenvalue weighted by molar-refractivity contribution is 5.81. The molecule has 4 heteroatoms.